The van der Waals surface area contributed by atoms with Crippen LogP contribution in [0.2, 0.25) is 0 Å². The largest absolute Gasteiger partial charge is 0.497 e. The maximum Gasteiger partial charge on any atom is 0.129 e. The van der Waals surface area contributed by atoms with E-state index in [4.69, 9.17) is 4.74 Å². The van der Waals surface area contributed by atoms with E-state index in [1.165, 1.54) is 0 Å². The van der Waals surface area contributed by atoms with Crippen LogP contribution < -0.4 is 4.74 Å². The van der Waals surface area contributed by atoms with Crippen LogP contribution in [-0.2, 0) is 10.2 Å². The Kier molecular flexibility index (Phi) is 2.88. The topological polar surface area (TPSA) is 26.3 Å². The Morgan fingerprint density at radius 2 is 1.76 bits per heavy atom. The number of methoxy groups -OCH3 is 1. The van der Waals surface area contributed by atoms with Crippen LogP contribution in [-0.4, -0.2) is 13.4 Å². The molecule has 0 fully saturated rings. The van der Waals surface area contributed by atoms with Crippen molar-refractivity contribution in [2.45, 2.75) is 19.3 Å². The molecule has 0 aromatic heterocycles. The molecule has 2 nitrogen and oxygen atoms in total. The van der Waals surface area contributed by atoms with E-state index in [1.54, 1.807) is 7.11 Å². The fourth-order valence-electron chi connectivity index (χ4n) is 1.82. The number of benzene rings is 2. The van der Waals surface area contributed by atoms with Crippen LogP contribution in [0.5, 0.6) is 5.75 Å². The molecule has 0 radical (unpaired) electrons. The number of rotatable bonds is 3. The number of carbonyl (C=O) groups excluding carboxylic acids is 1. The quantitative estimate of drug-likeness (QED) is 0.753. The molecule has 0 unspecified atom stereocenters. The van der Waals surface area contributed by atoms with Gasteiger partial charge in [-0.05, 0) is 42.3 Å². The van der Waals surface area contributed by atoms with Crippen LogP contribution in [0.1, 0.15) is 19.4 Å². The van der Waals surface area contributed by atoms with Crippen LogP contribution in [0.3, 0.4) is 0 Å². The lowest BCUT2D eigenvalue weighted by Gasteiger charge is -2.18. The van der Waals surface area contributed by atoms with Crippen LogP contribution in [0.25, 0.3) is 10.8 Å². The summed E-state index contributed by atoms with van der Waals surface area (Å²) in [6.45, 7) is 3.84. The summed E-state index contributed by atoms with van der Waals surface area (Å²) in [4.78, 5) is 11.1. The summed E-state index contributed by atoms with van der Waals surface area (Å²) in [5.74, 6) is 0.832. The van der Waals surface area contributed by atoms with Crippen LogP contribution >= 0.6 is 0 Å². The lowest BCUT2D eigenvalue weighted by Crippen LogP contribution is -2.18. The number of carbonyl (C=O) groups is 1. The fraction of sp³-hybridized carbons (Fsp3) is 0.267. The number of aldehydes is 1. The van der Waals surface area contributed by atoms with Crippen molar-refractivity contribution < 1.29 is 9.53 Å². The van der Waals surface area contributed by atoms with Gasteiger partial charge in [0, 0.05) is 5.41 Å². The Labute approximate surface area is 101 Å². The van der Waals surface area contributed by atoms with Gasteiger partial charge >= 0.3 is 0 Å². The lowest BCUT2D eigenvalue weighted by atomic mass is 9.85. The molecule has 0 heterocycles. The number of fused-ring (bicyclic) bond motifs is 1. The Morgan fingerprint density at radius 1 is 1.06 bits per heavy atom. The summed E-state index contributed by atoms with van der Waals surface area (Å²) in [7, 11) is 1.65. The summed E-state index contributed by atoms with van der Waals surface area (Å²) < 4.78 is 5.20. The smallest absolute Gasteiger partial charge is 0.129 e. The summed E-state index contributed by atoms with van der Waals surface area (Å²) >= 11 is 0. The minimum absolute atomic E-state index is 0.447. The highest BCUT2D eigenvalue weighted by atomic mass is 16.5. The molecule has 0 spiro atoms. The van der Waals surface area contributed by atoms with E-state index in [-0.39, 0.29) is 0 Å². The van der Waals surface area contributed by atoms with Crippen molar-refractivity contribution in [3.05, 3.63) is 42.0 Å². The van der Waals surface area contributed by atoms with E-state index in [0.717, 1.165) is 28.4 Å². The Bertz CT molecular complexity index is 556. The van der Waals surface area contributed by atoms with Gasteiger partial charge in [-0.15, -0.1) is 0 Å². The van der Waals surface area contributed by atoms with Gasteiger partial charge < -0.3 is 9.53 Å². The number of hydrogen-bond acceptors (Lipinski definition) is 2. The summed E-state index contributed by atoms with van der Waals surface area (Å²) in [6.07, 6.45) is 0.980. The first-order valence-electron chi connectivity index (χ1n) is 5.61. The van der Waals surface area contributed by atoms with Gasteiger partial charge in [0.1, 0.15) is 12.0 Å². The first kappa shape index (κ1) is 11.6. The van der Waals surface area contributed by atoms with E-state index in [1.807, 2.05) is 50.2 Å². The summed E-state index contributed by atoms with van der Waals surface area (Å²) in [5, 5.41) is 2.24. The molecule has 0 aliphatic heterocycles. The van der Waals surface area contributed by atoms with Gasteiger partial charge in [0.2, 0.25) is 0 Å². The Hall–Kier alpha value is -1.83. The summed E-state index contributed by atoms with van der Waals surface area (Å²) in [6, 6.07) is 12.0. The maximum atomic E-state index is 11.1. The predicted octanol–water partition coefficient (Wildman–Crippen LogP) is 3.32. The predicted molar refractivity (Wildman–Crippen MR) is 69.6 cm³/mol. The molecule has 2 aromatic rings. The van der Waals surface area contributed by atoms with Crippen molar-refractivity contribution >= 4 is 17.1 Å². The molecular formula is C15H16O2. The third-order valence-corrected chi connectivity index (χ3v) is 3.09. The second-order valence-electron chi connectivity index (χ2n) is 4.77. The zero-order chi connectivity index (χ0) is 12.5. The molecule has 2 heteroatoms. The normalized spacial score (nSPS) is 11.5. The van der Waals surface area contributed by atoms with E-state index >= 15 is 0 Å². The van der Waals surface area contributed by atoms with Gasteiger partial charge in [-0.1, -0.05) is 24.3 Å². The molecule has 0 saturated carbocycles. The van der Waals surface area contributed by atoms with Crippen molar-refractivity contribution in [2.24, 2.45) is 0 Å². The monoisotopic (exact) mass is 228 g/mol. The molecule has 0 bridgehead atoms. The minimum atomic E-state index is -0.447. The third-order valence-electron chi connectivity index (χ3n) is 3.09. The maximum absolute atomic E-state index is 11.1. The lowest BCUT2D eigenvalue weighted by molar-refractivity contribution is -0.111. The average Bonchev–Trinajstić information content (AvgIpc) is 2.37. The van der Waals surface area contributed by atoms with E-state index < -0.39 is 5.41 Å². The van der Waals surface area contributed by atoms with E-state index in [2.05, 4.69) is 0 Å². The van der Waals surface area contributed by atoms with Gasteiger partial charge in [-0.2, -0.15) is 0 Å². The van der Waals surface area contributed by atoms with Crippen LogP contribution in [0, 0.1) is 0 Å². The van der Waals surface area contributed by atoms with Crippen molar-refractivity contribution in [3.63, 3.8) is 0 Å². The van der Waals surface area contributed by atoms with Crippen LogP contribution in [0.4, 0.5) is 0 Å². The van der Waals surface area contributed by atoms with Crippen molar-refractivity contribution in [3.8, 4) is 5.75 Å². The first-order valence-corrected chi connectivity index (χ1v) is 5.61. The molecule has 17 heavy (non-hydrogen) atoms. The highest BCUT2D eigenvalue weighted by Crippen LogP contribution is 2.27. The van der Waals surface area contributed by atoms with Gasteiger partial charge in [0.05, 0.1) is 7.11 Å². The molecule has 0 N–H and O–H groups in total. The number of ether oxygens (including phenoxy) is 1. The van der Waals surface area contributed by atoms with Crippen molar-refractivity contribution in [1.29, 1.82) is 0 Å². The number of hydrogen-bond donors (Lipinski definition) is 0. The van der Waals surface area contributed by atoms with E-state index in [9.17, 15) is 4.79 Å². The second-order valence-corrected chi connectivity index (χ2v) is 4.77. The van der Waals surface area contributed by atoms with Crippen molar-refractivity contribution in [2.75, 3.05) is 7.11 Å². The zero-order valence-electron chi connectivity index (χ0n) is 10.4. The first-order chi connectivity index (χ1) is 8.06. The summed E-state index contributed by atoms with van der Waals surface area (Å²) in [5.41, 5.74) is 0.574. The van der Waals surface area contributed by atoms with Crippen LogP contribution in [0.15, 0.2) is 36.4 Å². The van der Waals surface area contributed by atoms with Gasteiger partial charge in [-0.3, -0.25) is 0 Å². The molecule has 0 saturated heterocycles. The van der Waals surface area contributed by atoms with Gasteiger partial charge in [0.15, 0.2) is 0 Å². The SMILES string of the molecule is COc1ccc2ccc(C(C)(C)C=O)cc2c1. The fourth-order valence-corrected chi connectivity index (χ4v) is 1.82. The molecule has 0 aliphatic carbocycles. The molecule has 88 valence electrons. The highest BCUT2D eigenvalue weighted by molar-refractivity contribution is 5.86. The van der Waals surface area contributed by atoms with Gasteiger partial charge in [-0.25, -0.2) is 0 Å². The van der Waals surface area contributed by atoms with E-state index in [0.29, 0.717) is 0 Å². The Morgan fingerprint density at radius 3 is 2.41 bits per heavy atom. The molecule has 0 amide bonds. The Balaban J connectivity index is 2.59. The molecule has 2 rings (SSSR count). The van der Waals surface area contributed by atoms with Gasteiger partial charge in [0.25, 0.3) is 0 Å². The highest BCUT2D eigenvalue weighted by Gasteiger charge is 2.19. The molecule has 0 aliphatic rings. The van der Waals surface area contributed by atoms with Crippen molar-refractivity contribution in [1.82, 2.24) is 0 Å². The molecule has 2 aromatic carbocycles. The molecule has 0 atom stereocenters. The minimum Gasteiger partial charge on any atom is -0.497 e. The standard InChI is InChI=1S/C15H16O2/c1-15(2,10-16)13-6-4-11-5-7-14(17-3)9-12(11)8-13/h4-10H,1-3H3. The third kappa shape index (κ3) is 2.16. The average molecular weight is 228 g/mol. The second kappa shape index (κ2) is 4.21. The molecular weight excluding hydrogens is 212 g/mol. The zero-order valence-corrected chi connectivity index (χ0v) is 10.4.